The summed E-state index contributed by atoms with van der Waals surface area (Å²) in [7, 11) is 2.13. The Kier molecular flexibility index (Phi) is 3.83. The average Bonchev–Trinajstić information content (AvgIpc) is 2.92. The molecule has 1 aromatic carbocycles. The third kappa shape index (κ3) is 2.65. The minimum absolute atomic E-state index is 0.0553. The predicted octanol–water partition coefficient (Wildman–Crippen LogP) is 3.31. The van der Waals surface area contributed by atoms with Crippen LogP contribution < -0.4 is 10.6 Å². The molecular formula is C17H19N3OS2. The molecule has 3 heterocycles. The lowest BCUT2D eigenvalue weighted by atomic mass is 10.0. The minimum atomic E-state index is -0.149. The Bertz CT molecular complexity index is 754. The summed E-state index contributed by atoms with van der Waals surface area (Å²) >= 11 is 3.45. The molecule has 6 heteroatoms. The van der Waals surface area contributed by atoms with Crippen molar-refractivity contribution in [1.82, 2.24) is 10.2 Å². The van der Waals surface area contributed by atoms with Crippen LogP contribution in [0.5, 0.6) is 0 Å². The van der Waals surface area contributed by atoms with E-state index in [-0.39, 0.29) is 12.1 Å². The first-order valence-electron chi connectivity index (χ1n) is 7.70. The van der Waals surface area contributed by atoms with Gasteiger partial charge < -0.3 is 15.5 Å². The Morgan fingerprint density at radius 2 is 2.04 bits per heavy atom. The highest BCUT2D eigenvalue weighted by molar-refractivity contribution is 7.98. The van der Waals surface area contributed by atoms with Crippen LogP contribution in [0, 0.1) is 0 Å². The molecule has 1 amide bonds. The van der Waals surface area contributed by atoms with Crippen molar-refractivity contribution < 1.29 is 4.79 Å². The zero-order chi connectivity index (χ0) is 16.0. The molecule has 0 saturated heterocycles. The second kappa shape index (κ2) is 5.85. The van der Waals surface area contributed by atoms with Gasteiger partial charge in [0.15, 0.2) is 0 Å². The zero-order valence-corrected chi connectivity index (χ0v) is 14.8. The van der Waals surface area contributed by atoms with Gasteiger partial charge in [0.25, 0.3) is 5.91 Å². The number of carbonyl (C=O) groups excluding carboxylic acids is 1. The van der Waals surface area contributed by atoms with Crippen molar-refractivity contribution in [3.8, 4) is 0 Å². The molecule has 0 bridgehead atoms. The molecular weight excluding hydrogens is 326 g/mol. The number of likely N-dealkylation sites (N-methyl/N-ethyl adjacent to an activating group) is 1. The van der Waals surface area contributed by atoms with E-state index in [0.717, 1.165) is 35.6 Å². The molecule has 0 spiro atoms. The summed E-state index contributed by atoms with van der Waals surface area (Å²) < 4.78 is 0. The molecule has 0 unspecified atom stereocenters. The first kappa shape index (κ1) is 15.1. The van der Waals surface area contributed by atoms with E-state index >= 15 is 0 Å². The second-order valence-corrected chi connectivity index (χ2v) is 8.00. The highest BCUT2D eigenvalue weighted by Crippen LogP contribution is 2.40. The van der Waals surface area contributed by atoms with Crippen LogP contribution >= 0.6 is 23.1 Å². The maximum Gasteiger partial charge on any atom is 0.256 e. The molecule has 0 fully saturated rings. The molecule has 2 aliphatic heterocycles. The molecule has 1 atom stereocenters. The number of thiophene rings is 1. The van der Waals surface area contributed by atoms with E-state index in [1.165, 1.54) is 15.3 Å². The van der Waals surface area contributed by atoms with Crippen molar-refractivity contribution in [3.05, 3.63) is 45.8 Å². The zero-order valence-electron chi connectivity index (χ0n) is 13.2. The van der Waals surface area contributed by atoms with Gasteiger partial charge in [0.2, 0.25) is 0 Å². The molecule has 1 aromatic heterocycles. The van der Waals surface area contributed by atoms with Gasteiger partial charge >= 0.3 is 0 Å². The van der Waals surface area contributed by atoms with Crippen molar-refractivity contribution >= 4 is 34.0 Å². The first-order chi connectivity index (χ1) is 11.2. The molecule has 23 heavy (non-hydrogen) atoms. The van der Waals surface area contributed by atoms with Gasteiger partial charge in [-0.1, -0.05) is 12.1 Å². The standard InChI is InChI=1S/C17H19N3OS2/c1-20-8-7-12-13(9-20)23-17-14(12)16(21)18-15(19-17)10-3-5-11(22-2)6-4-10/h3-6,15,19H,7-9H2,1-2H3,(H,18,21)/t15-/m0/s1. The van der Waals surface area contributed by atoms with E-state index in [2.05, 4.69) is 53.1 Å². The summed E-state index contributed by atoms with van der Waals surface area (Å²) in [5.41, 5.74) is 3.20. The smallest absolute Gasteiger partial charge is 0.256 e. The fraction of sp³-hybridized carbons (Fsp3) is 0.353. The fourth-order valence-electron chi connectivity index (χ4n) is 3.21. The average molecular weight is 345 g/mol. The van der Waals surface area contributed by atoms with E-state index in [9.17, 15) is 4.79 Å². The first-order valence-corrected chi connectivity index (χ1v) is 9.74. The highest BCUT2D eigenvalue weighted by atomic mass is 32.2. The summed E-state index contributed by atoms with van der Waals surface area (Å²) in [5, 5.41) is 7.65. The van der Waals surface area contributed by atoms with E-state index in [1.807, 2.05) is 0 Å². The lowest BCUT2D eigenvalue weighted by molar-refractivity contribution is 0.0935. The molecule has 0 aliphatic carbocycles. The molecule has 4 nitrogen and oxygen atoms in total. The van der Waals surface area contributed by atoms with Gasteiger partial charge in [0.1, 0.15) is 11.2 Å². The maximum atomic E-state index is 12.6. The van der Waals surface area contributed by atoms with Crippen molar-refractivity contribution in [2.24, 2.45) is 0 Å². The van der Waals surface area contributed by atoms with Crippen LogP contribution in [-0.4, -0.2) is 30.7 Å². The van der Waals surface area contributed by atoms with E-state index in [4.69, 9.17) is 0 Å². The van der Waals surface area contributed by atoms with Gasteiger partial charge in [-0.05, 0) is 43.0 Å². The minimum Gasteiger partial charge on any atom is -0.353 e. The number of benzene rings is 1. The third-order valence-electron chi connectivity index (χ3n) is 4.47. The number of hydrogen-bond donors (Lipinski definition) is 2. The summed E-state index contributed by atoms with van der Waals surface area (Å²) in [4.78, 5) is 17.5. The number of amides is 1. The van der Waals surface area contributed by atoms with Crippen molar-refractivity contribution in [2.45, 2.75) is 24.0 Å². The van der Waals surface area contributed by atoms with Gasteiger partial charge in [0, 0.05) is 22.9 Å². The van der Waals surface area contributed by atoms with E-state index < -0.39 is 0 Å². The lowest BCUT2D eigenvalue weighted by Crippen LogP contribution is -2.38. The summed E-state index contributed by atoms with van der Waals surface area (Å²) in [6.07, 6.45) is 2.87. The molecule has 0 saturated carbocycles. The van der Waals surface area contributed by atoms with Crippen LogP contribution in [0.1, 0.15) is 32.5 Å². The van der Waals surface area contributed by atoms with Crippen LogP contribution in [0.4, 0.5) is 5.00 Å². The van der Waals surface area contributed by atoms with Crippen molar-refractivity contribution in [2.75, 3.05) is 25.2 Å². The van der Waals surface area contributed by atoms with Gasteiger partial charge in [-0.3, -0.25) is 4.79 Å². The topological polar surface area (TPSA) is 44.4 Å². The molecule has 2 N–H and O–H groups in total. The van der Waals surface area contributed by atoms with E-state index in [0.29, 0.717) is 0 Å². The number of carbonyl (C=O) groups is 1. The lowest BCUT2D eigenvalue weighted by Gasteiger charge is -2.27. The molecule has 2 aliphatic rings. The molecule has 0 radical (unpaired) electrons. The number of fused-ring (bicyclic) bond motifs is 3. The SMILES string of the molecule is CSc1ccc([C@H]2NC(=O)c3c(sc4c3CCN(C)C4)N2)cc1. The van der Waals surface area contributed by atoms with Gasteiger partial charge in [0.05, 0.1) is 5.56 Å². The molecule has 120 valence electrons. The highest BCUT2D eigenvalue weighted by Gasteiger charge is 2.32. The fourth-order valence-corrected chi connectivity index (χ4v) is 4.97. The Morgan fingerprint density at radius 1 is 1.26 bits per heavy atom. The van der Waals surface area contributed by atoms with E-state index in [1.54, 1.807) is 23.1 Å². The van der Waals surface area contributed by atoms with Gasteiger partial charge in [-0.2, -0.15) is 0 Å². The normalized spacial score (nSPS) is 20.4. The van der Waals surface area contributed by atoms with Crippen molar-refractivity contribution in [3.63, 3.8) is 0 Å². The number of nitrogens with zero attached hydrogens (tertiary/aromatic N) is 1. The summed E-state index contributed by atoms with van der Waals surface area (Å²) in [5.74, 6) is 0.0553. The second-order valence-electron chi connectivity index (χ2n) is 6.02. The number of rotatable bonds is 2. The largest absolute Gasteiger partial charge is 0.353 e. The number of nitrogens with one attached hydrogen (secondary N) is 2. The Morgan fingerprint density at radius 3 is 2.78 bits per heavy atom. The summed E-state index contributed by atoms with van der Waals surface area (Å²) in [6, 6.07) is 8.35. The predicted molar refractivity (Wildman–Crippen MR) is 96.4 cm³/mol. The van der Waals surface area contributed by atoms with Crippen LogP contribution in [0.3, 0.4) is 0 Å². The maximum absolute atomic E-state index is 12.6. The molecule has 2 aromatic rings. The van der Waals surface area contributed by atoms with Crippen molar-refractivity contribution in [1.29, 1.82) is 0 Å². The van der Waals surface area contributed by atoms with Crippen LogP contribution in [0.25, 0.3) is 0 Å². The number of thioether (sulfide) groups is 1. The molecule has 4 rings (SSSR count). The quantitative estimate of drug-likeness (QED) is 0.820. The Labute approximate surface area is 144 Å². The summed E-state index contributed by atoms with van der Waals surface area (Å²) in [6.45, 7) is 1.96. The van der Waals surface area contributed by atoms with Crippen LogP contribution in [0.15, 0.2) is 29.2 Å². The monoisotopic (exact) mass is 345 g/mol. The van der Waals surface area contributed by atoms with Gasteiger partial charge in [-0.15, -0.1) is 23.1 Å². The third-order valence-corrected chi connectivity index (χ3v) is 6.37. The number of hydrogen-bond acceptors (Lipinski definition) is 5. The Balaban J connectivity index is 1.65. The van der Waals surface area contributed by atoms with Crippen LogP contribution in [0.2, 0.25) is 0 Å². The number of anilines is 1. The van der Waals surface area contributed by atoms with Crippen LogP contribution in [-0.2, 0) is 13.0 Å². The Hall–Kier alpha value is -1.50. The van der Waals surface area contributed by atoms with Gasteiger partial charge in [-0.25, -0.2) is 0 Å².